The van der Waals surface area contributed by atoms with Crippen molar-refractivity contribution in [2.75, 3.05) is 5.32 Å². The molecule has 0 atom stereocenters. The summed E-state index contributed by atoms with van der Waals surface area (Å²) in [4.78, 5) is 10.6. The summed E-state index contributed by atoms with van der Waals surface area (Å²) < 4.78 is 18.2. The number of carboxylic acids is 1. The van der Waals surface area contributed by atoms with E-state index in [1.807, 2.05) is 0 Å². The molecule has 7 heteroatoms. The predicted molar refractivity (Wildman–Crippen MR) is 62.2 cm³/mol. The molecule has 18 heavy (non-hydrogen) atoms. The third-order valence-electron chi connectivity index (χ3n) is 2.16. The SMILES string of the molecule is O=C(O)c1cc(CNc2ccc(Cl)cc2F)on1. The fourth-order valence-electron chi connectivity index (χ4n) is 1.31. The Morgan fingerprint density at radius 1 is 1.50 bits per heavy atom. The van der Waals surface area contributed by atoms with Gasteiger partial charge in [0, 0.05) is 11.1 Å². The first-order chi connectivity index (χ1) is 8.56. The van der Waals surface area contributed by atoms with E-state index in [2.05, 4.69) is 10.5 Å². The fourth-order valence-corrected chi connectivity index (χ4v) is 1.47. The topological polar surface area (TPSA) is 75.4 Å². The van der Waals surface area contributed by atoms with Gasteiger partial charge in [0.05, 0.1) is 12.2 Å². The molecule has 0 aliphatic rings. The van der Waals surface area contributed by atoms with E-state index in [1.165, 1.54) is 24.3 Å². The van der Waals surface area contributed by atoms with Gasteiger partial charge < -0.3 is 14.9 Å². The molecule has 0 amide bonds. The second kappa shape index (κ2) is 5.05. The number of rotatable bonds is 4. The van der Waals surface area contributed by atoms with Crippen LogP contribution in [0.5, 0.6) is 0 Å². The Kier molecular flexibility index (Phi) is 3.47. The first-order valence-electron chi connectivity index (χ1n) is 4.94. The van der Waals surface area contributed by atoms with Crippen molar-refractivity contribution in [1.29, 1.82) is 0 Å². The summed E-state index contributed by atoms with van der Waals surface area (Å²) in [5.74, 6) is -1.38. The van der Waals surface area contributed by atoms with Crippen LogP contribution in [0, 0.1) is 5.82 Å². The summed E-state index contributed by atoms with van der Waals surface area (Å²) >= 11 is 5.61. The predicted octanol–water partition coefficient (Wildman–Crippen LogP) is 2.78. The number of carbonyl (C=O) groups is 1. The van der Waals surface area contributed by atoms with Crippen LogP contribution in [0.15, 0.2) is 28.8 Å². The van der Waals surface area contributed by atoms with Gasteiger partial charge in [0.15, 0.2) is 11.5 Å². The number of hydrogen-bond donors (Lipinski definition) is 2. The zero-order chi connectivity index (χ0) is 13.1. The van der Waals surface area contributed by atoms with Gasteiger partial charge >= 0.3 is 5.97 Å². The van der Waals surface area contributed by atoms with Crippen LogP contribution in [-0.2, 0) is 6.54 Å². The van der Waals surface area contributed by atoms with Crippen molar-refractivity contribution >= 4 is 23.3 Å². The van der Waals surface area contributed by atoms with E-state index in [1.54, 1.807) is 0 Å². The summed E-state index contributed by atoms with van der Waals surface area (Å²) in [6, 6.07) is 5.46. The Hall–Kier alpha value is -2.08. The van der Waals surface area contributed by atoms with Gasteiger partial charge in [-0.3, -0.25) is 0 Å². The number of nitrogens with zero attached hydrogens (tertiary/aromatic N) is 1. The first kappa shape index (κ1) is 12.4. The zero-order valence-corrected chi connectivity index (χ0v) is 9.74. The molecule has 2 N–H and O–H groups in total. The molecule has 0 radical (unpaired) electrons. The molecule has 2 aromatic rings. The van der Waals surface area contributed by atoms with Crippen LogP contribution in [0.3, 0.4) is 0 Å². The molecule has 0 bridgehead atoms. The van der Waals surface area contributed by atoms with Crippen molar-refractivity contribution in [1.82, 2.24) is 5.16 Å². The summed E-state index contributed by atoms with van der Waals surface area (Å²) in [5, 5.41) is 15.0. The molecule has 0 unspecified atom stereocenters. The van der Waals surface area contributed by atoms with Gasteiger partial charge in [-0.15, -0.1) is 0 Å². The highest BCUT2D eigenvalue weighted by Gasteiger charge is 2.11. The Labute approximate surface area is 106 Å². The van der Waals surface area contributed by atoms with Crippen molar-refractivity contribution in [3.05, 3.63) is 46.6 Å². The number of anilines is 1. The molecule has 0 spiro atoms. The highest BCUT2D eigenvalue weighted by Crippen LogP contribution is 2.19. The van der Waals surface area contributed by atoms with Crippen molar-refractivity contribution in [2.45, 2.75) is 6.54 Å². The molecule has 0 aliphatic carbocycles. The van der Waals surface area contributed by atoms with E-state index >= 15 is 0 Å². The summed E-state index contributed by atoms with van der Waals surface area (Å²) in [5.41, 5.74) is 0.0519. The maximum atomic E-state index is 13.4. The van der Waals surface area contributed by atoms with E-state index in [0.29, 0.717) is 10.8 Å². The molecular formula is C11H8ClFN2O3. The first-order valence-corrected chi connectivity index (χ1v) is 5.32. The average Bonchev–Trinajstić information content (AvgIpc) is 2.76. The van der Waals surface area contributed by atoms with Crippen molar-refractivity contribution in [3.8, 4) is 0 Å². The van der Waals surface area contributed by atoms with Crippen LogP contribution in [0.4, 0.5) is 10.1 Å². The highest BCUT2D eigenvalue weighted by atomic mass is 35.5. The maximum Gasteiger partial charge on any atom is 0.358 e. The summed E-state index contributed by atoms with van der Waals surface area (Å²) in [6.07, 6.45) is 0. The molecule has 1 heterocycles. The quantitative estimate of drug-likeness (QED) is 0.893. The molecule has 0 fully saturated rings. The van der Waals surface area contributed by atoms with Gasteiger partial charge in [0.2, 0.25) is 0 Å². The summed E-state index contributed by atoms with van der Waals surface area (Å²) in [7, 11) is 0. The van der Waals surface area contributed by atoms with Gasteiger partial charge in [0.25, 0.3) is 0 Å². The number of halogens is 2. The molecule has 94 valence electrons. The minimum atomic E-state index is -1.18. The standard InChI is InChI=1S/C11H8ClFN2O3/c12-6-1-2-9(8(13)3-6)14-5-7-4-10(11(16)17)15-18-7/h1-4,14H,5H2,(H,16,17). The number of aromatic nitrogens is 1. The Morgan fingerprint density at radius 2 is 2.28 bits per heavy atom. The lowest BCUT2D eigenvalue weighted by molar-refractivity contribution is 0.0685. The van der Waals surface area contributed by atoms with E-state index in [9.17, 15) is 9.18 Å². The van der Waals surface area contributed by atoms with E-state index < -0.39 is 11.8 Å². The van der Waals surface area contributed by atoms with Gasteiger partial charge in [-0.1, -0.05) is 16.8 Å². The molecule has 0 saturated heterocycles. The Balaban J connectivity index is 2.04. The smallest absolute Gasteiger partial charge is 0.358 e. The number of carboxylic acid groups (broad SMARTS) is 1. The van der Waals surface area contributed by atoms with Crippen LogP contribution in [0.2, 0.25) is 5.02 Å². The fraction of sp³-hybridized carbons (Fsp3) is 0.0909. The lowest BCUT2D eigenvalue weighted by Gasteiger charge is -2.05. The van der Waals surface area contributed by atoms with Gasteiger partial charge in [0.1, 0.15) is 5.82 Å². The largest absolute Gasteiger partial charge is 0.476 e. The van der Waals surface area contributed by atoms with E-state index in [0.717, 1.165) is 0 Å². The molecule has 1 aromatic heterocycles. The van der Waals surface area contributed by atoms with Gasteiger partial charge in [-0.2, -0.15) is 0 Å². The number of nitrogens with one attached hydrogen (secondary N) is 1. The maximum absolute atomic E-state index is 13.4. The third-order valence-corrected chi connectivity index (χ3v) is 2.40. The van der Waals surface area contributed by atoms with Crippen molar-refractivity contribution in [3.63, 3.8) is 0 Å². The average molecular weight is 271 g/mol. The van der Waals surface area contributed by atoms with Gasteiger partial charge in [-0.25, -0.2) is 9.18 Å². The lowest BCUT2D eigenvalue weighted by atomic mass is 10.3. The van der Waals surface area contributed by atoms with Crippen LogP contribution >= 0.6 is 11.6 Å². The molecule has 2 rings (SSSR count). The van der Waals surface area contributed by atoms with Crippen LogP contribution in [0.1, 0.15) is 16.2 Å². The third kappa shape index (κ3) is 2.78. The van der Waals surface area contributed by atoms with Crippen molar-refractivity contribution < 1.29 is 18.8 Å². The highest BCUT2D eigenvalue weighted by molar-refractivity contribution is 6.30. The number of hydrogen-bond acceptors (Lipinski definition) is 4. The normalized spacial score (nSPS) is 10.3. The number of benzene rings is 1. The molecular weight excluding hydrogens is 263 g/mol. The molecule has 1 aromatic carbocycles. The Bertz CT molecular complexity index is 585. The van der Waals surface area contributed by atoms with E-state index in [4.69, 9.17) is 21.2 Å². The Morgan fingerprint density at radius 3 is 2.89 bits per heavy atom. The zero-order valence-electron chi connectivity index (χ0n) is 8.98. The molecule has 0 saturated carbocycles. The number of aromatic carboxylic acids is 1. The molecule has 5 nitrogen and oxygen atoms in total. The molecule has 0 aliphatic heterocycles. The lowest BCUT2D eigenvalue weighted by Crippen LogP contribution is -2.00. The second-order valence-electron chi connectivity index (χ2n) is 3.46. The van der Waals surface area contributed by atoms with Crippen LogP contribution in [-0.4, -0.2) is 16.2 Å². The minimum absolute atomic E-state index is 0.124. The summed E-state index contributed by atoms with van der Waals surface area (Å²) in [6.45, 7) is 0.124. The van der Waals surface area contributed by atoms with Crippen LogP contribution < -0.4 is 5.32 Å². The van der Waals surface area contributed by atoms with Crippen LogP contribution in [0.25, 0.3) is 0 Å². The van der Waals surface area contributed by atoms with Crippen molar-refractivity contribution in [2.24, 2.45) is 0 Å². The van der Waals surface area contributed by atoms with Gasteiger partial charge in [-0.05, 0) is 18.2 Å². The monoisotopic (exact) mass is 270 g/mol. The second-order valence-corrected chi connectivity index (χ2v) is 3.90. The minimum Gasteiger partial charge on any atom is -0.476 e. The van der Waals surface area contributed by atoms with E-state index in [-0.39, 0.29) is 17.9 Å².